The van der Waals surface area contributed by atoms with Crippen LogP contribution < -0.4 is 16.2 Å². The lowest BCUT2D eigenvalue weighted by Gasteiger charge is -2.16. The monoisotopic (exact) mass is 404 g/mol. The number of aryl methyl sites for hydroxylation is 2. The molecule has 0 bridgehead atoms. The Morgan fingerprint density at radius 1 is 1.00 bits per heavy atom. The average molecular weight is 404 g/mol. The Kier molecular flexibility index (Phi) is 6.11. The first-order valence-corrected chi connectivity index (χ1v) is 9.60. The lowest BCUT2D eigenvalue weighted by molar-refractivity contribution is -0.119. The van der Waals surface area contributed by atoms with E-state index in [0.717, 1.165) is 16.7 Å². The zero-order valence-corrected chi connectivity index (χ0v) is 17.4. The SMILES string of the molecule is CC(=O)Nc1cc(-c2ccc(=O)n([C@H](C)C(=O)Nc3cccc(C)c3)n2)ccc1C. The molecule has 7 heteroatoms. The number of amides is 2. The number of nitrogens with one attached hydrogen (secondary N) is 2. The fourth-order valence-electron chi connectivity index (χ4n) is 3.04. The fraction of sp³-hybridized carbons (Fsp3) is 0.217. The van der Waals surface area contributed by atoms with Gasteiger partial charge in [-0.25, -0.2) is 4.68 Å². The second kappa shape index (κ2) is 8.73. The third-order valence-electron chi connectivity index (χ3n) is 4.70. The molecule has 2 aromatic carbocycles. The van der Waals surface area contributed by atoms with Gasteiger partial charge in [-0.05, 0) is 56.2 Å². The van der Waals surface area contributed by atoms with Crippen LogP contribution in [0.3, 0.4) is 0 Å². The molecule has 1 aromatic heterocycles. The molecule has 0 spiro atoms. The molecule has 2 amide bonds. The van der Waals surface area contributed by atoms with Gasteiger partial charge in [-0.3, -0.25) is 14.4 Å². The van der Waals surface area contributed by atoms with Crippen molar-refractivity contribution in [1.82, 2.24) is 9.78 Å². The van der Waals surface area contributed by atoms with Crippen LogP contribution in [0.4, 0.5) is 11.4 Å². The van der Waals surface area contributed by atoms with Gasteiger partial charge in [0.15, 0.2) is 0 Å². The molecule has 1 heterocycles. The standard InChI is InChI=1S/C23H24N4O3/c1-14-6-5-7-19(12-14)25-23(30)16(3)27-22(29)11-10-20(26-27)18-9-8-15(2)21(13-18)24-17(4)28/h5-13,16H,1-4H3,(H,24,28)(H,25,30)/t16-/m1/s1. The van der Waals surface area contributed by atoms with Crippen molar-refractivity contribution in [1.29, 1.82) is 0 Å². The van der Waals surface area contributed by atoms with E-state index in [9.17, 15) is 14.4 Å². The van der Waals surface area contributed by atoms with E-state index in [1.807, 2.05) is 44.2 Å². The summed E-state index contributed by atoms with van der Waals surface area (Å²) in [7, 11) is 0. The van der Waals surface area contributed by atoms with E-state index in [1.54, 1.807) is 25.1 Å². The topological polar surface area (TPSA) is 93.1 Å². The van der Waals surface area contributed by atoms with Gasteiger partial charge in [-0.2, -0.15) is 5.10 Å². The van der Waals surface area contributed by atoms with Crippen molar-refractivity contribution in [2.24, 2.45) is 0 Å². The quantitative estimate of drug-likeness (QED) is 0.678. The minimum absolute atomic E-state index is 0.172. The summed E-state index contributed by atoms with van der Waals surface area (Å²) in [6.45, 7) is 6.90. The largest absolute Gasteiger partial charge is 0.326 e. The normalized spacial score (nSPS) is 11.6. The van der Waals surface area contributed by atoms with Crippen molar-refractivity contribution in [2.45, 2.75) is 33.7 Å². The van der Waals surface area contributed by atoms with E-state index in [-0.39, 0.29) is 17.4 Å². The van der Waals surface area contributed by atoms with E-state index < -0.39 is 6.04 Å². The van der Waals surface area contributed by atoms with Crippen LogP contribution in [0.2, 0.25) is 0 Å². The van der Waals surface area contributed by atoms with E-state index in [2.05, 4.69) is 15.7 Å². The molecule has 7 nitrogen and oxygen atoms in total. The Balaban J connectivity index is 1.90. The summed E-state index contributed by atoms with van der Waals surface area (Å²) in [6, 6.07) is 15.1. The molecule has 1 atom stereocenters. The van der Waals surface area contributed by atoms with Gasteiger partial charge >= 0.3 is 0 Å². The predicted molar refractivity (Wildman–Crippen MR) is 117 cm³/mol. The highest BCUT2D eigenvalue weighted by Crippen LogP contribution is 2.24. The van der Waals surface area contributed by atoms with Crippen LogP contribution in [0.5, 0.6) is 0 Å². The Morgan fingerprint density at radius 3 is 2.47 bits per heavy atom. The summed E-state index contributed by atoms with van der Waals surface area (Å²) in [5.74, 6) is -0.509. The Hall–Kier alpha value is -3.74. The van der Waals surface area contributed by atoms with E-state index in [1.165, 1.54) is 17.7 Å². The lowest BCUT2D eigenvalue weighted by atomic mass is 10.1. The van der Waals surface area contributed by atoms with Crippen molar-refractivity contribution in [2.75, 3.05) is 10.6 Å². The molecule has 0 fully saturated rings. The van der Waals surface area contributed by atoms with Crippen molar-refractivity contribution in [3.05, 3.63) is 76.1 Å². The van der Waals surface area contributed by atoms with Gasteiger partial charge in [-0.1, -0.05) is 24.3 Å². The zero-order valence-electron chi connectivity index (χ0n) is 17.4. The molecule has 0 aliphatic carbocycles. The maximum absolute atomic E-state index is 12.7. The molecule has 0 aliphatic rings. The molecule has 30 heavy (non-hydrogen) atoms. The van der Waals surface area contributed by atoms with Crippen molar-refractivity contribution >= 4 is 23.2 Å². The van der Waals surface area contributed by atoms with E-state index in [4.69, 9.17) is 0 Å². The first-order valence-electron chi connectivity index (χ1n) is 9.60. The zero-order chi connectivity index (χ0) is 21.8. The smallest absolute Gasteiger partial charge is 0.267 e. The maximum Gasteiger partial charge on any atom is 0.267 e. The molecular weight excluding hydrogens is 380 g/mol. The fourth-order valence-corrected chi connectivity index (χ4v) is 3.04. The second-order valence-electron chi connectivity index (χ2n) is 7.25. The van der Waals surface area contributed by atoms with Crippen LogP contribution in [0.25, 0.3) is 11.3 Å². The Bertz CT molecular complexity index is 1170. The molecule has 0 saturated carbocycles. The summed E-state index contributed by atoms with van der Waals surface area (Å²) in [6.07, 6.45) is 0. The van der Waals surface area contributed by atoms with Crippen LogP contribution in [-0.2, 0) is 9.59 Å². The van der Waals surface area contributed by atoms with Gasteiger partial charge < -0.3 is 10.6 Å². The molecule has 0 saturated heterocycles. The van der Waals surface area contributed by atoms with Gasteiger partial charge in [0.1, 0.15) is 6.04 Å². The molecule has 0 radical (unpaired) electrons. The third kappa shape index (κ3) is 4.81. The van der Waals surface area contributed by atoms with Gasteiger partial charge in [0, 0.05) is 29.9 Å². The highest BCUT2D eigenvalue weighted by molar-refractivity contribution is 5.93. The molecule has 0 aliphatic heterocycles. The Labute approximate surface area is 174 Å². The second-order valence-corrected chi connectivity index (χ2v) is 7.25. The summed E-state index contributed by atoms with van der Waals surface area (Å²) in [5, 5.41) is 10.0. The number of benzene rings is 2. The highest BCUT2D eigenvalue weighted by Gasteiger charge is 2.18. The minimum atomic E-state index is -0.807. The number of anilines is 2. The van der Waals surface area contributed by atoms with Crippen LogP contribution in [0.15, 0.2) is 59.4 Å². The van der Waals surface area contributed by atoms with Gasteiger partial charge in [0.25, 0.3) is 5.56 Å². The number of hydrogen-bond acceptors (Lipinski definition) is 4. The van der Waals surface area contributed by atoms with Crippen LogP contribution in [-0.4, -0.2) is 21.6 Å². The average Bonchev–Trinajstić information content (AvgIpc) is 2.69. The first kappa shape index (κ1) is 21.0. The van der Waals surface area contributed by atoms with E-state index >= 15 is 0 Å². The molecule has 2 N–H and O–H groups in total. The van der Waals surface area contributed by atoms with Crippen LogP contribution >= 0.6 is 0 Å². The van der Waals surface area contributed by atoms with Crippen molar-refractivity contribution in [3.8, 4) is 11.3 Å². The van der Waals surface area contributed by atoms with Crippen molar-refractivity contribution in [3.63, 3.8) is 0 Å². The van der Waals surface area contributed by atoms with Crippen LogP contribution in [0.1, 0.15) is 31.0 Å². The lowest BCUT2D eigenvalue weighted by Crippen LogP contribution is -2.33. The molecule has 3 aromatic rings. The summed E-state index contributed by atoms with van der Waals surface area (Å²) in [4.78, 5) is 36.5. The highest BCUT2D eigenvalue weighted by atomic mass is 16.2. The first-order chi connectivity index (χ1) is 14.2. The molecule has 0 unspecified atom stereocenters. The third-order valence-corrected chi connectivity index (χ3v) is 4.70. The number of carbonyl (C=O) groups excluding carboxylic acids is 2. The minimum Gasteiger partial charge on any atom is -0.326 e. The summed E-state index contributed by atoms with van der Waals surface area (Å²) >= 11 is 0. The number of hydrogen-bond donors (Lipinski definition) is 2. The van der Waals surface area contributed by atoms with Gasteiger partial charge in [0.2, 0.25) is 11.8 Å². The van der Waals surface area contributed by atoms with Crippen molar-refractivity contribution < 1.29 is 9.59 Å². The molecule has 3 rings (SSSR count). The predicted octanol–water partition coefficient (Wildman–Crippen LogP) is 3.69. The molecular formula is C23H24N4O3. The van der Waals surface area contributed by atoms with E-state index in [0.29, 0.717) is 17.1 Å². The number of rotatable bonds is 5. The van der Waals surface area contributed by atoms with Gasteiger partial charge in [-0.15, -0.1) is 0 Å². The number of carbonyl (C=O) groups is 2. The Morgan fingerprint density at radius 2 is 1.77 bits per heavy atom. The van der Waals surface area contributed by atoms with Gasteiger partial charge in [0.05, 0.1) is 5.69 Å². The number of aromatic nitrogens is 2. The maximum atomic E-state index is 12.7. The van der Waals surface area contributed by atoms with Crippen LogP contribution in [0, 0.1) is 13.8 Å². The molecule has 154 valence electrons. The number of nitrogens with zero attached hydrogens (tertiary/aromatic N) is 2. The summed E-state index contributed by atoms with van der Waals surface area (Å²) < 4.78 is 1.17. The summed E-state index contributed by atoms with van der Waals surface area (Å²) in [5.41, 5.74) is 4.14.